The first kappa shape index (κ1) is 9.89. The summed E-state index contributed by atoms with van der Waals surface area (Å²) in [6, 6.07) is 0. The number of hydrogen-bond donors (Lipinski definition) is 0. The largest absolute Gasteiger partial charge is 0.506 e. The highest BCUT2D eigenvalue weighted by atomic mass is 32.3. The molecule has 0 radical (unpaired) electrons. The Balaban J connectivity index is 4.25. The Morgan fingerprint density at radius 1 is 1.00 bits per heavy atom. The van der Waals surface area contributed by atoms with Gasteiger partial charge in [0.25, 0.3) is 0 Å². The van der Waals surface area contributed by atoms with Crippen LogP contribution in [-0.4, -0.2) is 20.4 Å². The van der Waals surface area contributed by atoms with Crippen LogP contribution in [0.5, 0.6) is 0 Å². The van der Waals surface area contributed by atoms with Crippen molar-refractivity contribution in [3.05, 3.63) is 0 Å². The summed E-state index contributed by atoms with van der Waals surface area (Å²) in [7, 11) is -4.48. The predicted octanol–water partition coefficient (Wildman–Crippen LogP) is -0.643. The molecule has 0 aliphatic heterocycles. The molecule has 0 aromatic rings. The minimum absolute atomic E-state index is 0.876. The maximum atomic E-state index is 10.4. The molecule has 7 heteroatoms. The minimum Gasteiger partial charge on any atom is -0.316 e. The lowest BCUT2D eigenvalue weighted by Gasteiger charge is -1.99. The van der Waals surface area contributed by atoms with E-state index >= 15 is 0 Å². The van der Waals surface area contributed by atoms with Gasteiger partial charge in [-0.3, -0.25) is 9.59 Å². The summed E-state index contributed by atoms with van der Waals surface area (Å²) in [5.41, 5.74) is 0. The summed E-state index contributed by atoms with van der Waals surface area (Å²) in [6.07, 6.45) is 0. The van der Waals surface area contributed by atoms with Gasteiger partial charge in [0.1, 0.15) is 0 Å². The van der Waals surface area contributed by atoms with Gasteiger partial charge in [0.15, 0.2) is 0 Å². The SMILES string of the molecule is CC(=O)OS(=O)(=O)OC(C)=O. The highest BCUT2D eigenvalue weighted by Gasteiger charge is 2.17. The lowest BCUT2D eigenvalue weighted by Crippen LogP contribution is -2.15. The van der Waals surface area contributed by atoms with E-state index in [1.165, 1.54) is 0 Å². The number of rotatable bonds is 2. The molecule has 0 aliphatic rings. The third-order valence-corrected chi connectivity index (χ3v) is 1.32. The Morgan fingerprint density at radius 3 is 1.45 bits per heavy atom. The molecule has 6 nitrogen and oxygen atoms in total. The van der Waals surface area contributed by atoms with Crippen LogP contribution in [0.25, 0.3) is 0 Å². The summed E-state index contributed by atoms with van der Waals surface area (Å²) in [5.74, 6) is -2.13. The van der Waals surface area contributed by atoms with Gasteiger partial charge in [-0.1, -0.05) is 0 Å². The molecule has 0 N–H and O–H groups in total. The topological polar surface area (TPSA) is 86.7 Å². The quantitative estimate of drug-likeness (QED) is 0.564. The average molecular weight is 182 g/mol. The molecule has 0 aliphatic carbocycles. The van der Waals surface area contributed by atoms with Crippen molar-refractivity contribution < 1.29 is 26.4 Å². The van der Waals surface area contributed by atoms with Gasteiger partial charge in [-0.25, -0.2) is 0 Å². The number of carbonyl (C=O) groups excluding carboxylic acids is 2. The van der Waals surface area contributed by atoms with Gasteiger partial charge >= 0.3 is 22.3 Å². The van der Waals surface area contributed by atoms with E-state index in [1.807, 2.05) is 0 Å². The molecule has 0 unspecified atom stereocenters. The highest BCUT2D eigenvalue weighted by Crippen LogP contribution is 1.95. The van der Waals surface area contributed by atoms with Gasteiger partial charge in [0, 0.05) is 13.8 Å². The van der Waals surface area contributed by atoms with E-state index in [0.717, 1.165) is 13.8 Å². The fraction of sp³-hybridized carbons (Fsp3) is 0.500. The normalized spacial score (nSPS) is 10.4. The molecule has 0 bridgehead atoms. The van der Waals surface area contributed by atoms with Crippen LogP contribution >= 0.6 is 0 Å². The number of carbonyl (C=O) groups is 2. The smallest absolute Gasteiger partial charge is 0.316 e. The van der Waals surface area contributed by atoms with Crippen LogP contribution in [0.4, 0.5) is 0 Å². The molecule has 0 spiro atoms. The second kappa shape index (κ2) is 3.33. The van der Waals surface area contributed by atoms with Gasteiger partial charge in [0.05, 0.1) is 0 Å². The van der Waals surface area contributed by atoms with Crippen LogP contribution < -0.4 is 0 Å². The van der Waals surface area contributed by atoms with Crippen molar-refractivity contribution >= 4 is 22.3 Å². The van der Waals surface area contributed by atoms with E-state index in [4.69, 9.17) is 0 Å². The van der Waals surface area contributed by atoms with Crippen molar-refractivity contribution in [3.63, 3.8) is 0 Å². The van der Waals surface area contributed by atoms with Crippen LogP contribution in [0.15, 0.2) is 0 Å². The van der Waals surface area contributed by atoms with Crippen LogP contribution in [0, 0.1) is 0 Å². The number of hydrogen-bond acceptors (Lipinski definition) is 6. The molecule has 0 saturated heterocycles. The van der Waals surface area contributed by atoms with E-state index in [-0.39, 0.29) is 0 Å². The fourth-order valence-corrected chi connectivity index (χ4v) is 0.913. The molecule has 0 atom stereocenters. The molecule has 64 valence electrons. The maximum absolute atomic E-state index is 10.4. The van der Waals surface area contributed by atoms with Crippen molar-refractivity contribution in [2.45, 2.75) is 13.8 Å². The molecule has 0 saturated carbocycles. The molecule has 0 aromatic heterocycles. The zero-order valence-electron chi connectivity index (χ0n) is 5.86. The summed E-state index contributed by atoms with van der Waals surface area (Å²) >= 11 is 0. The maximum Gasteiger partial charge on any atom is 0.506 e. The standard InChI is InChI=1S/C4H6O6S/c1-3(5)9-11(7,8)10-4(2)6/h1-2H3. The fourth-order valence-electron chi connectivity index (χ4n) is 0.304. The Hall–Kier alpha value is -1.11. The van der Waals surface area contributed by atoms with E-state index in [0.29, 0.717) is 0 Å². The molecule has 0 amide bonds. The Labute approximate surface area is 63.4 Å². The first-order chi connectivity index (χ1) is 4.83. The first-order valence-electron chi connectivity index (χ1n) is 2.48. The minimum atomic E-state index is -4.48. The van der Waals surface area contributed by atoms with Crippen molar-refractivity contribution in [2.75, 3.05) is 0 Å². The van der Waals surface area contributed by atoms with E-state index in [2.05, 4.69) is 8.37 Å². The second-order valence-corrected chi connectivity index (χ2v) is 2.71. The third-order valence-electron chi connectivity index (χ3n) is 0.439. The average Bonchev–Trinajstić information content (AvgIpc) is 1.53. The summed E-state index contributed by atoms with van der Waals surface area (Å²) in [6.45, 7) is 1.75. The molecule has 0 heterocycles. The van der Waals surface area contributed by atoms with Crippen molar-refractivity contribution in [2.24, 2.45) is 0 Å². The van der Waals surface area contributed by atoms with Gasteiger partial charge in [-0.15, -0.1) is 8.42 Å². The Morgan fingerprint density at radius 2 is 1.27 bits per heavy atom. The lowest BCUT2D eigenvalue weighted by molar-refractivity contribution is -0.135. The third kappa shape index (κ3) is 5.34. The molecule has 0 aromatic carbocycles. The summed E-state index contributed by atoms with van der Waals surface area (Å²) in [5, 5.41) is 0. The van der Waals surface area contributed by atoms with E-state index < -0.39 is 22.3 Å². The molecule has 0 rings (SSSR count). The molecule has 11 heavy (non-hydrogen) atoms. The van der Waals surface area contributed by atoms with Gasteiger partial charge in [-0.2, -0.15) is 0 Å². The summed E-state index contributed by atoms with van der Waals surface area (Å²) < 4.78 is 28.0. The van der Waals surface area contributed by atoms with E-state index in [1.54, 1.807) is 0 Å². The molecule has 0 fully saturated rings. The molecular weight excluding hydrogens is 176 g/mol. The van der Waals surface area contributed by atoms with Crippen LogP contribution in [0.3, 0.4) is 0 Å². The second-order valence-electron chi connectivity index (χ2n) is 1.56. The zero-order chi connectivity index (χ0) is 9.07. The van der Waals surface area contributed by atoms with Crippen LogP contribution in [0.1, 0.15) is 13.8 Å². The van der Waals surface area contributed by atoms with Gasteiger partial charge < -0.3 is 8.37 Å². The monoisotopic (exact) mass is 182 g/mol. The van der Waals surface area contributed by atoms with Gasteiger partial charge in [-0.05, 0) is 0 Å². The first-order valence-corrected chi connectivity index (χ1v) is 3.82. The predicted molar refractivity (Wildman–Crippen MR) is 32.5 cm³/mol. The van der Waals surface area contributed by atoms with Crippen molar-refractivity contribution in [1.82, 2.24) is 0 Å². The van der Waals surface area contributed by atoms with Crippen LogP contribution in [0.2, 0.25) is 0 Å². The Bertz CT molecular complexity index is 240. The Kier molecular flexibility index (Phi) is 2.99. The van der Waals surface area contributed by atoms with Crippen molar-refractivity contribution in [1.29, 1.82) is 0 Å². The summed E-state index contributed by atoms with van der Waals surface area (Å²) in [4.78, 5) is 20.1. The highest BCUT2D eigenvalue weighted by molar-refractivity contribution is 7.82. The van der Waals surface area contributed by atoms with Crippen molar-refractivity contribution in [3.8, 4) is 0 Å². The van der Waals surface area contributed by atoms with Crippen LogP contribution in [-0.2, 0) is 28.4 Å². The lowest BCUT2D eigenvalue weighted by atomic mass is 10.9. The van der Waals surface area contributed by atoms with Gasteiger partial charge in [0.2, 0.25) is 0 Å². The zero-order valence-corrected chi connectivity index (χ0v) is 6.67. The van der Waals surface area contributed by atoms with E-state index in [9.17, 15) is 18.0 Å². The molecular formula is C4H6O6S.